The maximum Gasteiger partial charge on any atom is 0.230 e. The number of amides is 1. The van der Waals surface area contributed by atoms with E-state index < -0.39 is 0 Å². The van der Waals surface area contributed by atoms with Gasteiger partial charge in [0.1, 0.15) is 11.0 Å². The highest BCUT2D eigenvalue weighted by atomic mass is 35.5. The van der Waals surface area contributed by atoms with Crippen molar-refractivity contribution in [3.8, 4) is 0 Å². The number of hydrogen-bond donors (Lipinski definition) is 1. The van der Waals surface area contributed by atoms with Crippen LogP contribution in [-0.2, 0) is 4.79 Å². The standard InChI is InChI=1S/C12H20ClN5OS/c1-17(2)6-5-14-11(19)8-20-12-15-9(13)7-10(16-12)18(3)4/h7H,5-6,8H2,1-4H3,(H,14,19). The van der Waals surface area contributed by atoms with Gasteiger partial charge in [0.25, 0.3) is 0 Å². The Labute approximate surface area is 128 Å². The van der Waals surface area contributed by atoms with Gasteiger partial charge in [0.05, 0.1) is 5.75 Å². The van der Waals surface area contributed by atoms with E-state index in [9.17, 15) is 4.79 Å². The summed E-state index contributed by atoms with van der Waals surface area (Å²) in [6.45, 7) is 1.45. The number of hydrogen-bond acceptors (Lipinski definition) is 6. The molecule has 0 saturated heterocycles. The minimum absolute atomic E-state index is 0.0353. The number of thioether (sulfide) groups is 1. The van der Waals surface area contributed by atoms with E-state index in [1.807, 2.05) is 38.0 Å². The SMILES string of the molecule is CN(C)CCNC(=O)CSc1nc(Cl)cc(N(C)C)n1. The summed E-state index contributed by atoms with van der Waals surface area (Å²) in [4.78, 5) is 23.9. The van der Waals surface area contributed by atoms with Crippen LogP contribution in [0.2, 0.25) is 5.15 Å². The fraction of sp³-hybridized carbons (Fsp3) is 0.583. The van der Waals surface area contributed by atoms with Crippen LogP contribution in [0.15, 0.2) is 11.2 Å². The molecule has 0 aliphatic rings. The summed E-state index contributed by atoms with van der Waals surface area (Å²) in [6, 6.07) is 1.68. The van der Waals surface area contributed by atoms with E-state index in [2.05, 4.69) is 15.3 Å². The normalized spacial score (nSPS) is 10.7. The third kappa shape index (κ3) is 6.40. The molecule has 0 atom stereocenters. The largest absolute Gasteiger partial charge is 0.363 e. The Kier molecular flexibility index (Phi) is 7.04. The number of nitrogens with zero attached hydrogens (tertiary/aromatic N) is 4. The number of carbonyl (C=O) groups excluding carboxylic acids is 1. The number of rotatable bonds is 7. The third-order valence-electron chi connectivity index (χ3n) is 2.33. The predicted octanol–water partition coefficient (Wildman–Crippen LogP) is 0.966. The molecule has 1 rings (SSSR count). The molecular formula is C12H20ClN5OS. The van der Waals surface area contributed by atoms with E-state index in [1.54, 1.807) is 6.07 Å². The van der Waals surface area contributed by atoms with Gasteiger partial charge >= 0.3 is 0 Å². The Morgan fingerprint density at radius 1 is 1.35 bits per heavy atom. The number of halogens is 1. The van der Waals surface area contributed by atoms with Gasteiger partial charge in [-0.25, -0.2) is 9.97 Å². The molecule has 0 aromatic carbocycles. The van der Waals surface area contributed by atoms with E-state index in [4.69, 9.17) is 11.6 Å². The summed E-state index contributed by atoms with van der Waals surface area (Å²) in [5.41, 5.74) is 0. The predicted molar refractivity (Wildman–Crippen MR) is 83.7 cm³/mol. The highest BCUT2D eigenvalue weighted by Gasteiger charge is 2.08. The first kappa shape index (κ1) is 17.0. The average Bonchev–Trinajstić information content (AvgIpc) is 2.35. The average molecular weight is 318 g/mol. The molecule has 0 aliphatic heterocycles. The highest BCUT2D eigenvalue weighted by Crippen LogP contribution is 2.20. The summed E-state index contributed by atoms with van der Waals surface area (Å²) < 4.78 is 0. The van der Waals surface area contributed by atoms with Crippen LogP contribution in [0, 0.1) is 0 Å². The molecule has 0 aliphatic carbocycles. The van der Waals surface area contributed by atoms with Crippen molar-refractivity contribution in [2.24, 2.45) is 0 Å². The van der Waals surface area contributed by atoms with Crippen LogP contribution in [0.5, 0.6) is 0 Å². The van der Waals surface area contributed by atoms with Crippen LogP contribution in [-0.4, -0.2) is 67.8 Å². The molecule has 0 fully saturated rings. The zero-order valence-corrected chi connectivity index (χ0v) is 13.8. The zero-order chi connectivity index (χ0) is 15.1. The van der Waals surface area contributed by atoms with E-state index in [0.717, 1.165) is 12.4 Å². The molecule has 6 nitrogen and oxygen atoms in total. The smallest absolute Gasteiger partial charge is 0.230 e. The van der Waals surface area contributed by atoms with Crippen molar-refractivity contribution in [1.29, 1.82) is 0 Å². The van der Waals surface area contributed by atoms with Crippen molar-refractivity contribution < 1.29 is 4.79 Å². The lowest BCUT2D eigenvalue weighted by Crippen LogP contribution is -2.32. The molecule has 0 spiro atoms. The van der Waals surface area contributed by atoms with Crippen LogP contribution in [0.3, 0.4) is 0 Å². The maximum atomic E-state index is 11.7. The Morgan fingerprint density at radius 2 is 2.05 bits per heavy atom. The molecule has 1 N–H and O–H groups in total. The molecule has 1 aromatic heterocycles. The summed E-state index contributed by atoms with van der Waals surface area (Å²) in [7, 11) is 7.68. The van der Waals surface area contributed by atoms with E-state index in [0.29, 0.717) is 16.9 Å². The number of carbonyl (C=O) groups is 1. The van der Waals surface area contributed by atoms with E-state index in [1.165, 1.54) is 11.8 Å². The quantitative estimate of drug-likeness (QED) is 0.459. The highest BCUT2D eigenvalue weighted by molar-refractivity contribution is 7.99. The fourth-order valence-electron chi connectivity index (χ4n) is 1.28. The minimum atomic E-state index is -0.0353. The first-order valence-electron chi connectivity index (χ1n) is 6.14. The number of anilines is 1. The number of aromatic nitrogens is 2. The Morgan fingerprint density at radius 3 is 2.65 bits per heavy atom. The van der Waals surface area contributed by atoms with Crippen LogP contribution in [0.4, 0.5) is 5.82 Å². The van der Waals surface area contributed by atoms with Crippen molar-refractivity contribution in [3.63, 3.8) is 0 Å². The second kappa shape index (κ2) is 8.28. The monoisotopic (exact) mass is 317 g/mol. The fourth-order valence-corrected chi connectivity index (χ4v) is 2.19. The summed E-state index contributed by atoms with van der Waals surface area (Å²) in [5, 5.41) is 3.71. The lowest BCUT2D eigenvalue weighted by atomic mass is 10.5. The summed E-state index contributed by atoms with van der Waals surface area (Å²) in [6.07, 6.45) is 0. The maximum absolute atomic E-state index is 11.7. The van der Waals surface area contributed by atoms with Crippen LogP contribution in [0.1, 0.15) is 0 Å². The van der Waals surface area contributed by atoms with Gasteiger partial charge in [-0.3, -0.25) is 4.79 Å². The Bertz CT molecular complexity index is 455. The summed E-state index contributed by atoms with van der Waals surface area (Å²) in [5.74, 6) is 0.966. The lowest BCUT2D eigenvalue weighted by Gasteiger charge is -2.12. The lowest BCUT2D eigenvalue weighted by molar-refractivity contribution is -0.118. The van der Waals surface area contributed by atoms with E-state index >= 15 is 0 Å². The van der Waals surface area contributed by atoms with Gasteiger partial charge in [-0.15, -0.1) is 0 Å². The first-order chi connectivity index (χ1) is 9.38. The Balaban J connectivity index is 2.47. The second-order valence-electron chi connectivity index (χ2n) is 4.67. The molecule has 1 aromatic rings. The van der Waals surface area contributed by atoms with Gasteiger partial charge < -0.3 is 15.1 Å². The molecule has 0 radical (unpaired) electrons. The van der Waals surface area contributed by atoms with Gasteiger partial charge in [-0.1, -0.05) is 23.4 Å². The minimum Gasteiger partial charge on any atom is -0.363 e. The van der Waals surface area contributed by atoms with Gasteiger partial charge in [-0.05, 0) is 14.1 Å². The topological polar surface area (TPSA) is 61.4 Å². The second-order valence-corrected chi connectivity index (χ2v) is 6.00. The van der Waals surface area contributed by atoms with Gasteiger partial charge in [-0.2, -0.15) is 0 Å². The molecule has 1 amide bonds. The third-order valence-corrected chi connectivity index (χ3v) is 3.37. The number of likely N-dealkylation sites (N-methyl/N-ethyl adjacent to an activating group) is 1. The van der Waals surface area contributed by atoms with Gasteiger partial charge in [0.2, 0.25) is 5.91 Å². The van der Waals surface area contributed by atoms with Crippen molar-refractivity contribution in [3.05, 3.63) is 11.2 Å². The molecule has 0 saturated carbocycles. The molecular weight excluding hydrogens is 298 g/mol. The van der Waals surface area contributed by atoms with Crippen molar-refractivity contribution in [1.82, 2.24) is 20.2 Å². The first-order valence-corrected chi connectivity index (χ1v) is 7.51. The van der Waals surface area contributed by atoms with Crippen LogP contribution < -0.4 is 10.2 Å². The van der Waals surface area contributed by atoms with Crippen LogP contribution in [0.25, 0.3) is 0 Å². The molecule has 112 valence electrons. The van der Waals surface area contributed by atoms with Gasteiger partial charge in [0.15, 0.2) is 5.16 Å². The van der Waals surface area contributed by atoms with Crippen LogP contribution >= 0.6 is 23.4 Å². The molecule has 20 heavy (non-hydrogen) atoms. The van der Waals surface area contributed by atoms with Crippen molar-refractivity contribution >= 4 is 35.1 Å². The van der Waals surface area contributed by atoms with Crippen molar-refractivity contribution in [2.45, 2.75) is 5.16 Å². The zero-order valence-electron chi connectivity index (χ0n) is 12.2. The van der Waals surface area contributed by atoms with Gasteiger partial charge in [0, 0.05) is 33.3 Å². The number of nitrogens with one attached hydrogen (secondary N) is 1. The Hall–Kier alpha value is -1.05. The molecule has 0 bridgehead atoms. The molecule has 1 heterocycles. The van der Waals surface area contributed by atoms with E-state index in [-0.39, 0.29) is 11.7 Å². The molecule has 8 heteroatoms. The summed E-state index contributed by atoms with van der Waals surface area (Å²) >= 11 is 7.20. The molecule has 0 unspecified atom stereocenters. The van der Waals surface area contributed by atoms with Crippen molar-refractivity contribution in [2.75, 3.05) is 51.9 Å².